The van der Waals surface area contributed by atoms with Gasteiger partial charge in [0.2, 0.25) is 0 Å². The lowest BCUT2D eigenvalue weighted by Gasteiger charge is -2.29. The number of para-hydroxylation sites is 1. The van der Waals surface area contributed by atoms with Crippen LogP contribution in [0, 0.1) is 0 Å². The molecule has 0 bridgehead atoms. The normalized spacial score (nSPS) is 16.9. The molecule has 5 heteroatoms. The van der Waals surface area contributed by atoms with Crippen LogP contribution < -0.4 is 5.32 Å². The van der Waals surface area contributed by atoms with Crippen LogP contribution in [0.4, 0.5) is 5.69 Å². The Morgan fingerprint density at radius 1 is 1.00 bits per heavy atom. The Balaban J connectivity index is 2.14. The molecule has 1 unspecified atom stereocenters. The van der Waals surface area contributed by atoms with Gasteiger partial charge in [-0.15, -0.1) is 0 Å². The molecule has 0 aliphatic carbocycles. The molecule has 27 heavy (non-hydrogen) atoms. The zero-order valence-corrected chi connectivity index (χ0v) is 16.3. The van der Waals surface area contributed by atoms with E-state index in [2.05, 4.69) is 5.32 Å². The molecule has 0 spiro atoms. The Labute approximate surface area is 163 Å². The van der Waals surface area contributed by atoms with Gasteiger partial charge < -0.3 is 10.1 Å². The third-order valence-corrected chi connectivity index (χ3v) is 5.69. The summed E-state index contributed by atoms with van der Waals surface area (Å²) in [5, 5.41) is 3.83. The molecule has 0 saturated heterocycles. The molecule has 0 aromatic heterocycles. The summed E-state index contributed by atoms with van der Waals surface area (Å²) in [7, 11) is 1.35. The maximum absolute atomic E-state index is 12.5. The van der Waals surface area contributed by atoms with Crippen molar-refractivity contribution in [1.29, 1.82) is 0 Å². The van der Waals surface area contributed by atoms with Crippen molar-refractivity contribution >= 4 is 29.2 Å². The zero-order chi connectivity index (χ0) is 19.4. The quantitative estimate of drug-likeness (QED) is 0.751. The Morgan fingerprint density at radius 2 is 1.59 bits per heavy atom. The van der Waals surface area contributed by atoms with Crippen LogP contribution in [-0.2, 0) is 14.3 Å². The highest BCUT2D eigenvalue weighted by atomic mass is 32.2. The summed E-state index contributed by atoms with van der Waals surface area (Å²) in [6.07, 6.45) is 0. The fourth-order valence-corrected chi connectivity index (χ4v) is 4.66. The molecule has 0 amide bonds. The van der Waals surface area contributed by atoms with Crippen LogP contribution in [0.15, 0.2) is 82.4 Å². The standard InChI is InChI=1S/C22H21NO3S/c1-14-18(15(2)24)20(16-10-6-4-7-11-16)27-21(19(14)22(25)26-3)23-17-12-8-5-9-13-17/h4-13,20,23H,1-3H3. The molecular weight excluding hydrogens is 358 g/mol. The monoisotopic (exact) mass is 379 g/mol. The predicted octanol–water partition coefficient (Wildman–Crippen LogP) is 4.88. The van der Waals surface area contributed by atoms with Crippen molar-refractivity contribution in [3.05, 3.63) is 88.0 Å². The number of methoxy groups -OCH3 is 1. The summed E-state index contributed by atoms with van der Waals surface area (Å²) < 4.78 is 5.00. The molecule has 1 heterocycles. The molecule has 138 valence electrons. The van der Waals surface area contributed by atoms with Gasteiger partial charge in [0.1, 0.15) is 0 Å². The van der Waals surface area contributed by atoms with E-state index in [9.17, 15) is 9.59 Å². The van der Waals surface area contributed by atoms with Crippen LogP contribution in [0.5, 0.6) is 0 Å². The number of rotatable bonds is 5. The number of ether oxygens (including phenoxy) is 1. The molecule has 0 saturated carbocycles. The molecular formula is C22H21NO3S. The number of carbonyl (C=O) groups excluding carboxylic acids is 2. The number of Topliss-reactive ketones (excluding diaryl/α,β-unsaturated/α-hetero) is 1. The van der Waals surface area contributed by atoms with Crippen molar-refractivity contribution in [3.63, 3.8) is 0 Å². The van der Waals surface area contributed by atoms with Gasteiger partial charge in [0, 0.05) is 11.3 Å². The minimum Gasteiger partial charge on any atom is -0.465 e. The maximum Gasteiger partial charge on any atom is 0.340 e. The molecule has 3 rings (SSSR count). The highest BCUT2D eigenvalue weighted by molar-refractivity contribution is 8.03. The van der Waals surface area contributed by atoms with Gasteiger partial charge in [0.15, 0.2) is 5.78 Å². The van der Waals surface area contributed by atoms with Gasteiger partial charge in [-0.05, 0) is 37.1 Å². The number of anilines is 1. The van der Waals surface area contributed by atoms with E-state index in [-0.39, 0.29) is 11.0 Å². The lowest BCUT2D eigenvalue weighted by Crippen LogP contribution is -2.22. The zero-order valence-electron chi connectivity index (χ0n) is 15.5. The van der Waals surface area contributed by atoms with Crippen molar-refractivity contribution in [2.45, 2.75) is 19.1 Å². The van der Waals surface area contributed by atoms with E-state index in [1.807, 2.05) is 67.6 Å². The Bertz CT molecular complexity index is 917. The average Bonchev–Trinajstić information content (AvgIpc) is 2.68. The fraction of sp³-hybridized carbons (Fsp3) is 0.182. The van der Waals surface area contributed by atoms with Gasteiger partial charge in [0.05, 0.1) is 23.0 Å². The molecule has 1 atom stereocenters. The number of thioether (sulfide) groups is 1. The van der Waals surface area contributed by atoms with Gasteiger partial charge in [-0.1, -0.05) is 60.3 Å². The molecule has 2 aromatic rings. The molecule has 1 aliphatic heterocycles. The Hall–Kier alpha value is -2.79. The van der Waals surface area contributed by atoms with E-state index in [0.29, 0.717) is 21.7 Å². The van der Waals surface area contributed by atoms with E-state index in [1.54, 1.807) is 6.92 Å². The van der Waals surface area contributed by atoms with Gasteiger partial charge >= 0.3 is 5.97 Å². The summed E-state index contributed by atoms with van der Waals surface area (Å²) in [4.78, 5) is 25.0. The van der Waals surface area contributed by atoms with Gasteiger partial charge in [-0.3, -0.25) is 4.79 Å². The summed E-state index contributed by atoms with van der Waals surface area (Å²) >= 11 is 1.46. The van der Waals surface area contributed by atoms with Gasteiger partial charge in [0.25, 0.3) is 0 Å². The summed E-state index contributed by atoms with van der Waals surface area (Å²) in [6.45, 7) is 3.35. The van der Waals surface area contributed by atoms with E-state index < -0.39 is 5.97 Å². The van der Waals surface area contributed by atoms with E-state index >= 15 is 0 Å². The van der Waals surface area contributed by atoms with Crippen LogP contribution in [-0.4, -0.2) is 18.9 Å². The topological polar surface area (TPSA) is 55.4 Å². The molecule has 0 fully saturated rings. The number of hydrogen-bond acceptors (Lipinski definition) is 5. The first-order chi connectivity index (χ1) is 13.0. The first kappa shape index (κ1) is 19.0. The van der Waals surface area contributed by atoms with Crippen molar-refractivity contribution in [2.24, 2.45) is 0 Å². The fourth-order valence-electron chi connectivity index (χ4n) is 3.14. The predicted molar refractivity (Wildman–Crippen MR) is 109 cm³/mol. The third kappa shape index (κ3) is 3.98. The second-order valence-corrected chi connectivity index (χ2v) is 7.31. The average molecular weight is 379 g/mol. The maximum atomic E-state index is 12.5. The van der Waals surface area contributed by atoms with Crippen LogP contribution in [0.2, 0.25) is 0 Å². The molecule has 0 radical (unpaired) electrons. The highest BCUT2D eigenvalue weighted by Crippen LogP contribution is 2.48. The summed E-state index contributed by atoms with van der Waals surface area (Å²) in [5.74, 6) is -0.502. The van der Waals surface area contributed by atoms with Crippen LogP contribution in [0.25, 0.3) is 0 Å². The number of hydrogen-bond donors (Lipinski definition) is 1. The van der Waals surface area contributed by atoms with E-state index in [4.69, 9.17) is 4.74 Å². The minimum atomic E-state index is -0.455. The minimum absolute atomic E-state index is 0.0472. The smallest absolute Gasteiger partial charge is 0.340 e. The van der Waals surface area contributed by atoms with Crippen molar-refractivity contribution in [3.8, 4) is 0 Å². The SMILES string of the molecule is COC(=O)C1=C(Nc2ccccc2)SC(c2ccccc2)C(C(C)=O)=C1C. The highest BCUT2D eigenvalue weighted by Gasteiger charge is 2.34. The number of benzene rings is 2. The number of esters is 1. The lowest BCUT2D eigenvalue weighted by molar-refractivity contribution is -0.135. The second-order valence-electron chi connectivity index (χ2n) is 6.19. The first-order valence-corrected chi connectivity index (χ1v) is 9.49. The molecule has 1 aliphatic rings. The third-order valence-electron chi connectivity index (χ3n) is 4.41. The van der Waals surface area contributed by atoms with Crippen molar-refractivity contribution in [1.82, 2.24) is 0 Å². The van der Waals surface area contributed by atoms with Gasteiger partial charge in [-0.25, -0.2) is 4.79 Å². The van der Waals surface area contributed by atoms with Crippen molar-refractivity contribution in [2.75, 3.05) is 12.4 Å². The second kappa shape index (κ2) is 8.27. The van der Waals surface area contributed by atoms with Gasteiger partial charge in [-0.2, -0.15) is 0 Å². The number of carbonyl (C=O) groups is 2. The Kier molecular flexibility index (Phi) is 5.81. The Morgan fingerprint density at radius 3 is 2.15 bits per heavy atom. The van der Waals surface area contributed by atoms with E-state index in [0.717, 1.165) is 11.3 Å². The lowest BCUT2D eigenvalue weighted by atomic mass is 9.92. The summed E-state index contributed by atoms with van der Waals surface area (Å²) in [6, 6.07) is 19.5. The molecule has 1 N–H and O–H groups in total. The number of ketones is 1. The van der Waals surface area contributed by atoms with Crippen molar-refractivity contribution < 1.29 is 14.3 Å². The summed E-state index contributed by atoms with van der Waals surface area (Å²) in [5.41, 5.74) is 3.57. The largest absolute Gasteiger partial charge is 0.465 e. The van der Waals surface area contributed by atoms with E-state index in [1.165, 1.54) is 18.9 Å². The van der Waals surface area contributed by atoms with Crippen LogP contribution in [0.1, 0.15) is 24.7 Å². The van der Waals surface area contributed by atoms with Crippen LogP contribution in [0.3, 0.4) is 0 Å². The first-order valence-electron chi connectivity index (χ1n) is 8.61. The molecule has 4 nitrogen and oxygen atoms in total. The van der Waals surface area contributed by atoms with Crippen LogP contribution >= 0.6 is 11.8 Å². The number of nitrogens with one attached hydrogen (secondary N) is 1. The molecule has 2 aromatic carbocycles.